The van der Waals surface area contributed by atoms with Gasteiger partial charge in [-0.05, 0) is 13.0 Å². The summed E-state index contributed by atoms with van der Waals surface area (Å²) in [4.78, 5) is 16.3. The van der Waals surface area contributed by atoms with E-state index < -0.39 is 0 Å². The van der Waals surface area contributed by atoms with Gasteiger partial charge in [0.15, 0.2) is 0 Å². The Hall–Kier alpha value is -2.43. The van der Waals surface area contributed by atoms with Crippen LogP contribution in [0, 0.1) is 6.92 Å². The van der Waals surface area contributed by atoms with Crippen LogP contribution in [-0.4, -0.2) is 19.3 Å². The summed E-state index contributed by atoms with van der Waals surface area (Å²) in [6, 6.07) is 7.58. The molecule has 0 saturated carbocycles. The number of hydrogen-bond donors (Lipinski definition) is 0. The van der Waals surface area contributed by atoms with Crippen molar-refractivity contribution in [3.8, 4) is 0 Å². The van der Waals surface area contributed by atoms with Gasteiger partial charge in [0.25, 0.3) is 5.56 Å². The van der Waals surface area contributed by atoms with Crippen LogP contribution in [0.3, 0.4) is 0 Å². The van der Waals surface area contributed by atoms with Gasteiger partial charge in [-0.1, -0.05) is 18.2 Å². The number of aromatic nitrogens is 4. The highest BCUT2D eigenvalue weighted by Crippen LogP contribution is 2.11. The van der Waals surface area contributed by atoms with Gasteiger partial charge in [0.2, 0.25) is 0 Å². The van der Waals surface area contributed by atoms with Gasteiger partial charge in [0.05, 0.1) is 24.0 Å². The number of aryl methyl sites for hydroxylation is 3. The molecule has 3 rings (SSSR count). The maximum absolute atomic E-state index is 12.3. The fourth-order valence-corrected chi connectivity index (χ4v) is 2.19. The monoisotopic (exact) mass is 254 g/mol. The van der Waals surface area contributed by atoms with E-state index in [-0.39, 0.29) is 5.56 Å². The molecule has 2 heterocycles. The van der Waals surface area contributed by atoms with E-state index in [1.54, 1.807) is 12.5 Å². The predicted octanol–water partition coefficient (Wildman–Crippen LogP) is 1.60. The summed E-state index contributed by atoms with van der Waals surface area (Å²) in [5, 5.41) is 6.02. The standard InChI is InChI=1S/C14H14N4O/c1-11-12-4-2-3-5-13(12)14(19)18(16-11)9-8-17-7-6-15-10-17/h2-7,10H,8-9H2,1H3. The third-order valence-electron chi connectivity index (χ3n) is 3.18. The first kappa shape index (κ1) is 11.6. The highest BCUT2D eigenvalue weighted by molar-refractivity contribution is 5.83. The van der Waals surface area contributed by atoms with Crippen LogP contribution in [0.15, 0.2) is 47.8 Å². The summed E-state index contributed by atoms with van der Waals surface area (Å²) in [5.41, 5.74) is 0.835. The summed E-state index contributed by atoms with van der Waals surface area (Å²) in [5.74, 6) is 0. The summed E-state index contributed by atoms with van der Waals surface area (Å²) >= 11 is 0. The molecule has 0 atom stereocenters. The average Bonchev–Trinajstić information content (AvgIpc) is 2.95. The first-order chi connectivity index (χ1) is 9.25. The Kier molecular flexibility index (Phi) is 2.87. The second kappa shape index (κ2) is 4.68. The van der Waals surface area contributed by atoms with Crippen molar-refractivity contribution in [2.75, 3.05) is 0 Å². The zero-order valence-electron chi connectivity index (χ0n) is 10.7. The summed E-state index contributed by atoms with van der Waals surface area (Å²) in [6.45, 7) is 3.15. The molecule has 5 nitrogen and oxygen atoms in total. The second-order valence-electron chi connectivity index (χ2n) is 4.46. The largest absolute Gasteiger partial charge is 0.336 e. The average molecular weight is 254 g/mol. The van der Waals surface area contributed by atoms with Crippen LogP contribution in [0.4, 0.5) is 0 Å². The molecule has 0 unspecified atom stereocenters. The first-order valence-electron chi connectivity index (χ1n) is 6.18. The number of benzene rings is 1. The van der Waals surface area contributed by atoms with Crippen molar-refractivity contribution in [2.24, 2.45) is 0 Å². The minimum atomic E-state index is -0.0404. The third kappa shape index (κ3) is 2.14. The van der Waals surface area contributed by atoms with Crippen LogP contribution >= 0.6 is 0 Å². The Balaban J connectivity index is 2.00. The molecule has 19 heavy (non-hydrogen) atoms. The summed E-state index contributed by atoms with van der Waals surface area (Å²) in [6.07, 6.45) is 5.33. The van der Waals surface area contributed by atoms with Gasteiger partial charge >= 0.3 is 0 Å². The smallest absolute Gasteiger partial charge is 0.274 e. The van der Waals surface area contributed by atoms with E-state index in [0.29, 0.717) is 13.1 Å². The van der Waals surface area contributed by atoms with Crippen molar-refractivity contribution in [3.05, 3.63) is 59.0 Å². The minimum Gasteiger partial charge on any atom is -0.336 e. The predicted molar refractivity (Wildman–Crippen MR) is 73.0 cm³/mol. The molecule has 0 bridgehead atoms. The molecular weight excluding hydrogens is 240 g/mol. The maximum Gasteiger partial charge on any atom is 0.274 e. The van der Waals surface area contributed by atoms with Crippen LogP contribution in [0.25, 0.3) is 10.8 Å². The molecule has 96 valence electrons. The zero-order valence-corrected chi connectivity index (χ0v) is 10.7. The highest BCUT2D eigenvalue weighted by atomic mass is 16.1. The zero-order chi connectivity index (χ0) is 13.2. The lowest BCUT2D eigenvalue weighted by molar-refractivity contribution is 0.510. The molecule has 3 aromatic rings. The van der Waals surface area contributed by atoms with E-state index in [1.165, 1.54) is 4.68 Å². The van der Waals surface area contributed by atoms with Gasteiger partial charge in [-0.15, -0.1) is 0 Å². The molecule has 0 radical (unpaired) electrons. The second-order valence-corrected chi connectivity index (χ2v) is 4.46. The summed E-state index contributed by atoms with van der Waals surface area (Å²) < 4.78 is 3.45. The molecule has 2 aromatic heterocycles. The summed E-state index contributed by atoms with van der Waals surface area (Å²) in [7, 11) is 0. The molecule has 0 fully saturated rings. The first-order valence-corrected chi connectivity index (χ1v) is 6.18. The Morgan fingerprint density at radius 1 is 1.16 bits per heavy atom. The Labute approximate surface area is 110 Å². The van der Waals surface area contributed by atoms with Crippen LogP contribution in [-0.2, 0) is 13.1 Å². The maximum atomic E-state index is 12.3. The molecule has 0 spiro atoms. The number of fused-ring (bicyclic) bond motifs is 1. The number of hydrogen-bond acceptors (Lipinski definition) is 3. The van der Waals surface area contributed by atoms with Crippen molar-refractivity contribution < 1.29 is 0 Å². The lowest BCUT2D eigenvalue weighted by Gasteiger charge is -2.08. The third-order valence-corrected chi connectivity index (χ3v) is 3.18. The fourth-order valence-electron chi connectivity index (χ4n) is 2.19. The molecule has 0 aliphatic heterocycles. The van der Waals surface area contributed by atoms with Gasteiger partial charge in [-0.2, -0.15) is 5.10 Å². The number of imidazole rings is 1. The van der Waals surface area contributed by atoms with E-state index in [9.17, 15) is 4.79 Å². The van der Waals surface area contributed by atoms with Gasteiger partial charge in [0.1, 0.15) is 0 Å². The number of rotatable bonds is 3. The van der Waals surface area contributed by atoms with Gasteiger partial charge in [-0.25, -0.2) is 9.67 Å². The number of nitrogens with zero attached hydrogens (tertiary/aromatic N) is 4. The highest BCUT2D eigenvalue weighted by Gasteiger charge is 2.06. The van der Waals surface area contributed by atoms with E-state index in [2.05, 4.69) is 10.1 Å². The van der Waals surface area contributed by atoms with Crippen molar-refractivity contribution in [1.82, 2.24) is 19.3 Å². The van der Waals surface area contributed by atoms with Crippen molar-refractivity contribution in [2.45, 2.75) is 20.0 Å². The Bertz CT molecular complexity index is 759. The molecular formula is C14H14N4O. The van der Waals surface area contributed by atoms with Crippen LogP contribution in [0.5, 0.6) is 0 Å². The Morgan fingerprint density at radius 3 is 2.68 bits per heavy atom. The lowest BCUT2D eigenvalue weighted by atomic mass is 10.1. The van der Waals surface area contributed by atoms with E-state index >= 15 is 0 Å². The van der Waals surface area contributed by atoms with Crippen LogP contribution in [0.1, 0.15) is 5.69 Å². The van der Waals surface area contributed by atoms with Crippen molar-refractivity contribution in [1.29, 1.82) is 0 Å². The molecule has 5 heteroatoms. The quantitative estimate of drug-likeness (QED) is 0.713. The lowest BCUT2D eigenvalue weighted by Crippen LogP contribution is -2.25. The topological polar surface area (TPSA) is 52.7 Å². The van der Waals surface area contributed by atoms with Gasteiger partial charge in [0, 0.05) is 24.3 Å². The van der Waals surface area contributed by atoms with Gasteiger partial charge in [-0.3, -0.25) is 4.79 Å². The van der Waals surface area contributed by atoms with E-state index in [4.69, 9.17) is 0 Å². The SMILES string of the molecule is Cc1nn(CCn2ccnc2)c(=O)c2ccccc12. The van der Waals surface area contributed by atoms with Crippen molar-refractivity contribution in [3.63, 3.8) is 0 Å². The molecule has 0 aliphatic carbocycles. The van der Waals surface area contributed by atoms with Crippen LogP contribution in [0.2, 0.25) is 0 Å². The van der Waals surface area contributed by atoms with E-state index in [1.807, 2.05) is 42.0 Å². The van der Waals surface area contributed by atoms with Crippen molar-refractivity contribution >= 4 is 10.8 Å². The van der Waals surface area contributed by atoms with Gasteiger partial charge < -0.3 is 4.57 Å². The minimum absolute atomic E-state index is 0.0404. The van der Waals surface area contributed by atoms with E-state index in [0.717, 1.165) is 16.5 Å². The molecule has 0 amide bonds. The molecule has 0 N–H and O–H groups in total. The fraction of sp³-hybridized carbons (Fsp3) is 0.214. The normalized spacial score (nSPS) is 11.0. The molecule has 1 aromatic carbocycles. The van der Waals surface area contributed by atoms with Crippen LogP contribution < -0.4 is 5.56 Å². The molecule has 0 saturated heterocycles. The Morgan fingerprint density at radius 2 is 1.95 bits per heavy atom. The molecule has 0 aliphatic rings.